The summed E-state index contributed by atoms with van der Waals surface area (Å²) in [5, 5.41) is 12.3. The van der Waals surface area contributed by atoms with E-state index in [9.17, 15) is 4.79 Å². The van der Waals surface area contributed by atoms with Gasteiger partial charge in [0.05, 0.1) is 0 Å². The number of aromatic nitrogens is 7. The number of hydrogen-bond donors (Lipinski definition) is 0. The molecule has 0 atom stereocenters. The predicted octanol–water partition coefficient (Wildman–Crippen LogP) is 3.67. The van der Waals surface area contributed by atoms with Crippen molar-refractivity contribution in [2.24, 2.45) is 7.05 Å². The number of imidazole rings is 1. The van der Waals surface area contributed by atoms with Crippen LogP contribution in [0.1, 0.15) is 49.0 Å². The first-order valence-electron chi connectivity index (χ1n) is 9.73. The summed E-state index contributed by atoms with van der Waals surface area (Å²) >= 11 is 1.67. The third-order valence-electron chi connectivity index (χ3n) is 4.97. The Morgan fingerprint density at radius 1 is 1.27 bits per heavy atom. The van der Waals surface area contributed by atoms with Crippen molar-refractivity contribution in [1.82, 2.24) is 34.9 Å². The van der Waals surface area contributed by atoms with Gasteiger partial charge in [0.15, 0.2) is 17.3 Å². The lowest BCUT2D eigenvalue weighted by Gasteiger charge is -2.08. The fraction of sp³-hybridized carbons (Fsp3) is 0.350. The molecule has 1 aliphatic rings. The normalized spacial score (nSPS) is 13.8. The molecule has 0 aliphatic heterocycles. The summed E-state index contributed by atoms with van der Waals surface area (Å²) in [6, 6.07) is 3.68. The van der Waals surface area contributed by atoms with Gasteiger partial charge in [0.1, 0.15) is 16.9 Å². The lowest BCUT2D eigenvalue weighted by atomic mass is 10.2. The molecule has 0 radical (unpaired) electrons. The van der Waals surface area contributed by atoms with E-state index >= 15 is 0 Å². The Hall–Kier alpha value is -3.14. The molecule has 0 bridgehead atoms. The molecule has 1 fully saturated rings. The van der Waals surface area contributed by atoms with Crippen LogP contribution >= 0.6 is 11.8 Å². The fourth-order valence-electron chi connectivity index (χ4n) is 3.22. The molecule has 10 heteroatoms. The van der Waals surface area contributed by atoms with Crippen LogP contribution in [0.4, 0.5) is 0 Å². The number of thioether (sulfide) groups is 1. The molecule has 0 amide bonds. The summed E-state index contributed by atoms with van der Waals surface area (Å²) in [6.07, 6.45) is 3.95. The number of Topliss-reactive ketones (excluding diaryl/α,β-unsaturated/α-hetero) is 1. The number of fused-ring (bicyclic) bond motifs is 1. The van der Waals surface area contributed by atoms with Crippen molar-refractivity contribution < 1.29 is 9.32 Å². The average molecular weight is 421 g/mol. The number of carbonyl (C=O) groups is 1. The molecule has 0 spiro atoms. The third-order valence-corrected chi connectivity index (χ3v) is 5.88. The molecule has 30 heavy (non-hydrogen) atoms. The molecule has 1 aliphatic carbocycles. The molecular formula is C20H19N7O2S. The van der Waals surface area contributed by atoms with E-state index < -0.39 is 0 Å². The van der Waals surface area contributed by atoms with Crippen LogP contribution in [-0.2, 0) is 7.05 Å². The Labute approximate surface area is 176 Å². The fourth-order valence-corrected chi connectivity index (χ4v) is 4.02. The Morgan fingerprint density at radius 3 is 2.83 bits per heavy atom. The molecule has 1 saturated carbocycles. The first-order chi connectivity index (χ1) is 14.5. The minimum atomic E-state index is -0.146. The van der Waals surface area contributed by atoms with E-state index in [-0.39, 0.29) is 5.78 Å². The zero-order valence-corrected chi connectivity index (χ0v) is 17.6. The molecule has 0 N–H and O–H groups in total. The SMILES string of the molecule is CCSc1cc(-c2noc(C3CC3)n2)cnc1-c1nc2cc(C(C)=O)nnc2n1C. The molecule has 0 saturated heterocycles. The third kappa shape index (κ3) is 3.26. The molecule has 4 aromatic rings. The second-order valence-corrected chi connectivity index (χ2v) is 8.53. The van der Waals surface area contributed by atoms with Gasteiger partial charge in [0, 0.05) is 36.5 Å². The number of ketones is 1. The van der Waals surface area contributed by atoms with Crippen molar-refractivity contribution in [2.45, 2.75) is 37.5 Å². The smallest absolute Gasteiger partial charge is 0.230 e. The van der Waals surface area contributed by atoms with Crippen molar-refractivity contribution in [3.8, 4) is 22.9 Å². The molecule has 4 heterocycles. The molecule has 152 valence electrons. The molecular weight excluding hydrogens is 402 g/mol. The van der Waals surface area contributed by atoms with E-state index in [0.29, 0.717) is 40.3 Å². The van der Waals surface area contributed by atoms with Crippen molar-refractivity contribution in [3.63, 3.8) is 0 Å². The average Bonchev–Trinajstić information content (AvgIpc) is 3.38. The summed E-state index contributed by atoms with van der Waals surface area (Å²) in [6.45, 7) is 3.54. The summed E-state index contributed by atoms with van der Waals surface area (Å²) < 4.78 is 7.23. The monoisotopic (exact) mass is 421 g/mol. The number of rotatable bonds is 6. The van der Waals surface area contributed by atoms with Crippen LogP contribution in [0.2, 0.25) is 0 Å². The van der Waals surface area contributed by atoms with Crippen molar-refractivity contribution in [2.75, 3.05) is 5.75 Å². The second-order valence-electron chi connectivity index (χ2n) is 7.22. The van der Waals surface area contributed by atoms with E-state index in [1.165, 1.54) is 6.92 Å². The Kier molecular flexibility index (Phi) is 4.58. The minimum Gasteiger partial charge on any atom is -0.339 e. The quantitative estimate of drug-likeness (QED) is 0.340. The summed E-state index contributed by atoms with van der Waals surface area (Å²) in [5.41, 5.74) is 3.05. The van der Waals surface area contributed by atoms with Crippen LogP contribution in [0.3, 0.4) is 0 Å². The number of carbonyl (C=O) groups excluding carboxylic acids is 1. The lowest BCUT2D eigenvalue weighted by molar-refractivity contribution is 0.101. The summed E-state index contributed by atoms with van der Waals surface area (Å²) in [7, 11) is 1.86. The van der Waals surface area contributed by atoms with Gasteiger partial charge in [-0.3, -0.25) is 9.78 Å². The molecule has 5 rings (SSSR count). The van der Waals surface area contributed by atoms with Gasteiger partial charge in [-0.15, -0.1) is 22.0 Å². The second kappa shape index (κ2) is 7.28. The van der Waals surface area contributed by atoms with Crippen LogP contribution in [0.5, 0.6) is 0 Å². The maximum Gasteiger partial charge on any atom is 0.230 e. The minimum absolute atomic E-state index is 0.146. The standard InChI is InChI=1S/C20H19N7O2S/c1-4-30-15-7-12(17-23-20(29-26-17)11-5-6-11)9-21-16(15)19-22-14-8-13(10(2)28)24-25-18(14)27(19)3/h7-9,11H,4-6H2,1-3H3. The zero-order valence-electron chi connectivity index (χ0n) is 16.8. The van der Waals surface area contributed by atoms with Crippen molar-refractivity contribution in [1.29, 1.82) is 0 Å². The van der Waals surface area contributed by atoms with Crippen LogP contribution < -0.4 is 0 Å². The van der Waals surface area contributed by atoms with Gasteiger partial charge in [-0.25, -0.2) is 4.98 Å². The van der Waals surface area contributed by atoms with Crippen LogP contribution in [0.15, 0.2) is 27.7 Å². The van der Waals surface area contributed by atoms with E-state index in [2.05, 4.69) is 37.2 Å². The maximum absolute atomic E-state index is 11.6. The first kappa shape index (κ1) is 18.9. The highest BCUT2D eigenvalue weighted by Crippen LogP contribution is 2.40. The van der Waals surface area contributed by atoms with Crippen LogP contribution in [0, 0.1) is 0 Å². The van der Waals surface area contributed by atoms with E-state index in [4.69, 9.17) is 4.52 Å². The van der Waals surface area contributed by atoms with Crippen LogP contribution in [-0.4, -0.2) is 46.4 Å². The Morgan fingerprint density at radius 2 is 2.10 bits per heavy atom. The van der Waals surface area contributed by atoms with E-state index in [0.717, 1.165) is 34.7 Å². The highest BCUT2D eigenvalue weighted by molar-refractivity contribution is 7.99. The summed E-state index contributed by atoms with van der Waals surface area (Å²) in [5.74, 6) is 3.05. The molecule has 4 aromatic heterocycles. The van der Waals surface area contributed by atoms with Gasteiger partial charge in [-0.05, 0) is 30.7 Å². The van der Waals surface area contributed by atoms with Crippen molar-refractivity contribution >= 4 is 28.7 Å². The Bertz CT molecular complexity index is 1280. The van der Waals surface area contributed by atoms with E-state index in [1.54, 1.807) is 24.0 Å². The largest absolute Gasteiger partial charge is 0.339 e. The number of aryl methyl sites for hydroxylation is 1. The van der Waals surface area contributed by atoms with Gasteiger partial charge in [0.2, 0.25) is 11.7 Å². The Balaban J connectivity index is 1.59. The summed E-state index contributed by atoms with van der Waals surface area (Å²) in [4.78, 5) is 26.5. The highest BCUT2D eigenvalue weighted by atomic mass is 32.2. The maximum atomic E-state index is 11.6. The first-order valence-corrected chi connectivity index (χ1v) is 10.7. The topological polar surface area (TPSA) is 112 Å². The zero-order chi connectivity index (χ0) is 20.8. The molecule has 9 nitrogen and oxygen atoms in total. The van der Waals surface area contributed by atoms with Gasteiger partial charge >= 0.3 is 0 Å². The molecule has 0 aromatic carbocycles. The number of pyridine rings is 1. The van der Waals surface area contributed by atoms with Gasteiger partial charge in [0.25, 0.3) is 0 Å². The van der Waals surface area contributed by atoms with Gasteiger partial charge in [-0.1, -0.05) is 12.1 Å². The lowest BCUT2D eigenvalue weighted by Crippen LogP contribution is -2.01. The van der Waals surface area contributed by atoms with Crippen LogP contribution in [0.25, 0.3) is 34.1 Å². The predicted molar refractivity (Wildman–Crippen MR) is 111 cm³/mol. The van der Waals surface area contributed by atoms with Gasteiger partial charge < -0.3 is 9.09 Å². The number of hydrogen-bond acceptors (Lipinski definition) is 9. The highest BCUT2D eigenvalue weighted by Gasteiger charge is 2.30. The van der Waals surface area contributed by atoms with Gasteiger partial charge in [-0.2, -0.15) is 4.98 Å². The van der Waals surface area contributed by atoms with Crippen molar-refractivity contribution in [3.05, 3.63) is 29.9 Å². The molecule has 0 unspecified atom stereocenters. The van der Waals surface area contributed by atoms with E-state index in [1.807, 2.05) is 17.7 Å². The number of nitrogens with zero attached hydrogens (tertiary/aromatic N) is 7.